The molecule has 0 unspecified atom stereocenters. The summed E-state index contributed by atoms with van der Waals surface area (Å²) < 4.78 is 5.07. The van der Waals surface area contributed by atoms with Gasteiger partial charge in [0.15, 0.2) is 0 Å². The molecule has 0 radical (unpaired) electrons. The molecule has 2 rings (SSSR count). The second-order valence-electron chi connectivity index (χ2n) is 3.76. The Bertz CT molecular complexity index is 363. The molecule has 92 valence electrons. The van der Waals surface area contributed by atoms with Crippen LogP contribution < -0.4 is 5.32 Å². The van der Waals surface area contributed by atoms with E-state index in [-0.39, 0.29) is 0 Å². The van der Waals surface area contributed by atoms with E-state index in [1.165, 1.54) is 9.75 Å². The highest BCUT2D eigenvalue weighted by atomic mass is 32.1. The number of thiophene rings is 2. The number of ether oxygens (including phenoxy) is 1. The highest BCUT2D eigenvalue weighted by Crippen LogP contribution is 2.28. The van der Waals surface area contributed by atoms with Gasteiger partial charge >= 0.3 is 0 Å². The average molecular weight is 267 g/mol. The minimum Gasteiger partial charge on any atom is -0.385 e. The van der Waals surface area contributed by atoms with Gasteiger partial charge in [0.2, 0.25) is 0 Å². The van der Waals surface area contributed by atoms with Crippen molar-refractivity contribution in [3.63, 3.8) is 0 Å². The van der Waals surface area contributed by atoms with Gasteiger partial charge in [-0.2, -0.15) is 0 Å². The molecule has 1 N–H and O–H groups in total. The van der Waals surface area contributed by atoms with Crippen molar-refractivity contribution in [2.24, 2.45) is 0 Å². The molecule has 17 heavy (non-hydrogen) atoms. The summed E-state index contributed by atoms with van der Waals surface area (Å²) in [7, 11) is 1.75. The van der Waals surface area contributed by atoms with Crippen LogP contribution in [0.1, 0.15) is 22.2 Å². The van der Waals surface area contributed by atoms with Crippen molar-refractivity contribution in [1.82, 2.24) is 5.32 Å². The van der Waals surface area contributed by atoms with E-state index in [1.54, 1.807) is 29.8 Å². The van der Waals surface area contributed by atoms with E-state index in [4.69, 9.17) is 4.74 Å². The van der Waals surface area contributed by atoms with Crippen LogP contribution in [0.15, 0.2) is 35.0 Å². The van der Waals surface area contributed by atoms with Crippen molar-refractivity contribution in [3.8, 4) is 0 Å². The fourth-order valence-electron chi connectivity index (χ4n) is 1.72. The molecule has 2 heterocycles. The Balaban J connectivity index is 1.99. The van der Waals surface area contributed by atoms with Crippen LogP contribution in [0, 0.1) is 0 Å². The third kappa shape index (κ3) is 3.64. The minimum atomic E-state index is 0.340. The van der Waals surface area contributed by atoms with E-state index in [0.29, 0.717) is 6.04 Å². The standard InChI is InChI=1S/C13H17NOS2/c1-15-8-4-7-14-13(11-5-2-9-16-11)12-6-3-10-17-12/h2-3,5-6,9-10,13-14H,4,7-8H2,1H3. The maximum Gasteiger partial charge on any atom is 0.0764 e. The minimum absolute atomic E-state index is 0.340. The smallest absolute Gasteiger partial charge is 0.0764 e. The predicted molar refractivity (Wildman–Crippen MR) is 75.0 cm³/mol. The Morgan fingerprint density at radius 1 is 1.18 bits per heavy atom. The molecule has 0 aliphatic carbocycles. The van der Waals surface area contributed by atoms with Crippen molar-refractivity contribution in [2.75, 3.05) is 20.3 Å². The van der Waals surface area contributed by atoms with Crippen LogP contribution in [0.25, 0.3) is 0 Å². The molecule has 0 saturated heterocycles. The van der Waals surface area contributed by atoms with Crippen LogP contribution in [0.2, 0.25) is 0 Å². The van der Waals surface area contributed by atoms with Crippen molar-refractivity contribution in [1.29, 1.82) is 0 Å². The van der Waals surface area contributed by atoms with Crippen molar-refractivity contribution in [2.45, 2.75) is 12.5 Å². The Morgan fingerprint density at radius 2 is 1.82 bits per heavy atom. The first-order valence-corrected chi connectivity index (χ1v) is 7.47. The summed E-state index contributed by atoms with van der Waals surface area (Å²) in [5.41, 5.74) is 0. The Labute approximate surface area is 110 Å². The summed E-state index contributed by atoms with van der Waals surface area (Å²) in [4.78, 5) is 2.76. The highest BCUT2D eigenvalue weighted by molar-refractivity contribution is 7.11. The molecule has 0 aliphatic heterocycles. The number of hydrogen-bond donors (Lipinski definition) is 1. The van der Waals surface area contributed by atoms with Crippen molar-refractivity contribution >= 4 is 22.7 Å². The summed E-state index contributed by atoms with van der Waals surface area (Å²) in [6, 6.07) is 8.94. The normalized spacial score (nSPS) is 11.2. The molecule has 0 bridgehead atoms. The van der Waals surface area contributed by atoms with Gasteiger partial charge in [0.25, 0.3) is 0 Å². The van der Waals surface area contributed by atoms with Crippen LogP contribution in [0.4, 0.5) is 0 Å². The van der Waals surface area contributed by atoms with E-state index in [9.17, 15) is 0 Å². The van der Waals surface area contributed by atoms with Crippen LogP contribution in [-0.4, -0.2) is 20.3 Å². The summed E-state index contributed by atoms with van der Waals surface area (Å²) in [6.45, 7) is 1.79. The fourth-order valence-corrected chi connectivity index (χ4v) is 3.43. The summed E-state index contributed by atoms with van der Waals surface area (Å²) in [5.74, 6) is 0. The van der Waals surface area contributed by atoms with Crippen LogP contribution in [-0.2, 0) is 4.74 Å². The molecule has 0 spiro atoms. The van der Waals surface area contributed by atoms with E-state index >= 15 is 0 Å². The van der Waals surface area contributed by atoms with Crippen LogP contribution >= 0.6 is 22.7 Å². The van der Waals surface area contributed by atoms with Gasteiger partial charge in [-0.15, -0.1) is 22.7 Å². The molecule has 2 aromatic heterocycles. The molecular formula is C13H17NOS2. The number of methoxy groups -OCH3 is 1. The quantitative estimate of drug-likeness (QED) is 0.775. The maximum atomic E-state index is 5.07. The molecule has 0 aliphatic rings. The molecule has 0 saturated carbocycles. The molecule has 0 atom stereocenters. The number of hydrogen-bond acceptors (Lipinski definition) is 4. The van der Waals surface area contributed by atoms with Crippen LogP contribution in [0.5, 0.6) is 0 Å². The summed E-state index contributed by atoms with van der Waals surface area (Å²) >= 11 is 3.61. The van der Waals surface area contributed by atoms with Crippen LogP contribution in [0.3, 0.4) is 0 Å². The molecule has 2 aromatic rings. The Morgan fingerprint density at radius 3 is 2.29 bits per heavy atom. The highest BCUT2D eigenvalue weighted by Gasteiger charge is 2.14. The van der Waals surface area contributed by atoms with E-state index in [2.05, 4.69) is 40.3 Å². The van der Waals surface area contributed by atoms with E-state index in [1.807, 2.05) is 0 Å². The second-order valence-corrected chi connectivity index (χ2v) is 5.72. The zero-order chi connectivity index (χ0) is 11.9. The SMILES string of the molecule is COCCCNC(c1cccs1)c1cccs1. The fraction of sp³-hybridized carbons (Fsp3) is 0.385. The predicted octanol–water partition coefficient (Wildman–Crippen LogP) is 3.53. The zero-order valence-corrected chi connectivity index (χ0v) is 11.5. The maximum absolute atomic E-state index is 5.07. The molecule has 2 nitrogen and oxygen atoms in total. The van der Waals surface area contributed by atoms with Crippen molar-refractivity contribution < 1.29 is 4.74 Å². The van der Waals surface area contributed by atoms with Gasteiger partial charge in [0.05, 0.1) is 6.04 Å². The van der Waals surface area contributed by atoms with Crippen molar-refractivity contribution in [3.05, 3.63) is 44.8 Å². The van der Waals surface area contributed by atoms with Gasteiger partial charge in [-0.1, -0.05) is 12.1 Å². The zero-order valence-electron chi connectivity index (χ0n) is 9.89. The second kappa shape index (κ2) is 6.91. The number of rotatable bonds is 7. The first-order valence-electron chi connectivity index (χ1n) is 5.71. The Hall–Kier alpha value is -0.680. The third-order valence-electron chi connectivity index (χ3n) is 2.53. The first kappa shape index (κ1) is 12.8. The van der Waals surface area contributed by atoms with Gasteiger partial charge in [0, 0.05) is 23.5 Å². The van der Waals surface area contributed by atoms with Gasteiger partial charge in [-0.3, -0.25) is 0 Å². The number of nitrogens with one attached hydrogen (secondary N) is 1. The average Bonchev–Trinajstić information content (AvgIpc) is 3.02. The first-order chi connectivity index (χ1) is 8.42. The van der Waals surface area contributed by atoms with Gasteiger partial charge in [0.1, 0.15) is 0 Å². The van der Waals surface area contributed by atoms with Gasteiger partial charge in [-0.05, 0) is 35.9 Å². The summed E-state index contributed by atoms with van der Waals surface area (Å²) in [5, 5.41) is 7.86. The third-order valence-corrected chi connectivity index (χ3v) is 4.40. The summed E-state index contributed by atoms with van der Waals surface area (Å²) in [6.07, 6.45) is 1.05. The lowest BCUT2D eigenvalue weighted by Gasteiger charge is -2.15. The lowest BCUT2D eigenvalue weighted by atomic mass is 10.2. The van der Waals surface area contributed by atoms with Gasteiger partial charge < -0.3 is 10.1 Å². The van der Waals surface area contributed by atoms with E-state index in [0.717, 1.165) is 19.6 Å². The topological polar surface area (TPSA) is 21.3 Å². The Kier molecular flexibility index (Phi) is 5.19. The van der Waals surface area contributed by atoms with E-state index < -0.39 is 0 Å². The largest absolute Gasteiger partial charge is 0.385 e. The molecule has 4 heteroatoms. The molecule has 0 fully saturated rings. The lowest BCUT2D eigenvalue weighted by molar-refractivity contribution is 0.193. The van der Waals surface area contributed by atoms with Gasteiger partial charge in [-0.25, -0.2) is 0 Å². The molecule has 0 aromatic carbocycles. The molecule has 0 amide bonds. The monoisotopic (exact) mass is 267 g/mol. The molecular weight excluding hydrogens is 250 g/mol. The lowest BCUT2D eigenvalue weighted by Crippen LogP contribution is -2.22.